The number of hydrogen-bond donors (Lipinski definition) is 1. The zero-order chi connectivity index (χ0) is 15.7. The molecular formula is C18H30ClNO2. The normalized spacial score (nSPS) is 10.2. The smallest absolute Gasteiger partial charge is 0.164 e. The van der Waals surface area contributed by atoms with Crippen molar-refractivity contribution >= 4 is 12.4 Å². The van der Waals surface area contributed by atoms with Crippen molar-refractivity contribution in [1.29, 1.82) is 0 Å². The molecule has 1 aromatic rings. The fraction of sp³-hybridized carbons (Fsp3) is 0.556. The number of benzene rings is 1. The van der Waals surface area contributed by atoms with Gasteiger partial charge in [0.2, 0.25) is 0 Å². The summed E-state index contributed by atoms with van der Waals surface area (Å²) in [6.07, 6.45) is 3.87. The first-order valence-corrected chi connectivity index (χ1v) is 7.76. The molecule has 1 aromatic carbocycles. The minimum atomic E-state index is 0. The molecule has 4 heteroatoms. The van der Waals surface area contributed by atoms with E-state index in [1.54, 1.807) is 7.11 Å². The van der Waals surface area contributed by atoms with Crippen LogP contribution >= 0.6 is 12.4 Å². The van der Waals surface area contributed by atoms with Gasteiger partial charge in [-0.15, -0.1) is 19.0 Å². The van der Waals surface area contributed by atoms with Gasteiger partial charge in [0.1, 0.15) is 0 Å². The Morgan fingerprint density at radius 3 is 2.59 bits per heavy atom. The van der Waals surface area contributed by atoms with E-state index >= 15 is 0 Å². The first kappa shape index (κ1) is 20.8. The maximum absolute atomic E-state index is 5.73. The largest absolute Gasteiger partial charge is 0.493 e. The molecule has 1 rings (SSSR count). The highest BCUT2D eigenvalue weighted by Crippen LogP contribution is 2.33. The Balaban J connectivity index is 0.00000441. The van der Waals surface area contributed by atoms with E-state index in [2.05, 4.69) is 37.9 Å². The first-order chi connectivity index (χ1) is 10.1. The number of ether oxygens (including phenoxy) is 2. The van der Waals surface area contributed by atoms with Gasteiger partial charge < -0.3 is 14.8 Å². The minimum absolute atomic E-state index is 0. The molecule has 0 amide bonds. The van der Waals surface area contributed by atoms with Gasteiger partial charge in [0.15, 0.2) is 11.5 Å². The van der Waals surface area contributed by atoms with E-state index in [9.17, 15) is 0 Å². The minimum Gasteiger partial charge on any atom is -0.493 e. The lowest BCUT2D eigenvalue weighted by molar-refractivity contribution is 0.308. The number of allylic oxidation sites excluding steroid dienone is 1. The molecule has 3 nitrogen and oxygen atoms in total. The van der Waals surface area contributed by atoms with Gasteiger partial charge in [-0.1, -0.05) is 26.0 Å². The van der Waals surface area contributed by atoms with E-state index in [4.69, 9.17) is 9.47 Å². The summed E-state index contributed by atoms with van der Waals surface area (Å²) in [5, 5.41) is 3.48. The lowest BCUT2D eigenvalue weighted by atomic mass is 10.1. The van der Waals surface area contributed by atoms with Crippen LogP contribution in [0.5, 0.6) is 11.5 Å². The van der Waals surface area contributed by atoms with Crippen LogP contribution in [0.3, 0.4) is 0 Å². The van der Waals surface area contributed by atoms with Gasteiger partial charge in [0, 0.05) is 12.1 Å². The number of hydrogen-bond acceptors (Lipinski definition) is 3. The van der Waals surface area contributed by atoms with Crippen molar-refractivity contribution in [1.82, 2.24) is 5.32 Å². The molecule has 0 radical (unpaired) electrons. The van der Waals surface area contributed by atoms with Crippen LogP contribution in [0.4, 0.5) is 0 Å². The predicted molar refractivity (Wildman–Crippen MR) is 96.5 cm³/mol. The van der Waals surface area contributed by atoms with E-state index in [1.165, 1.54) is 12.0 Å². The van der Waals surface area contributed by atoms with Crippen molar-refractivity contribution in [2.24, 2.45) is 5.92 Å². The van der Waals surface area contributed by atoms with Crippen LogP contribution in [0.1, 0.15) is 38.3 Å². The predicted octanol–water partition coefficient (Wildman–Crippen LogP) is 4.38. The Kier molecular flexibility index (Phi) is 10.8. The molecule has 0 heterocycles. The van der Waals surface area contributed by atoms with Gasteiger partial charge in [-0.2, -0.15) is 0 Å². The third-order valence-electron chi connectivity index (χ3n) is 3.29. The zero-order valence-electron chi connectivity index (χ0n) is 14.3. The van der Waals surface area contributed by atoms with E-state index in [1.807, 2.05) is 13.0 Å². The van der Waals surface area contributed by atoms with Crippen molar-refractivity contribution in [2.45, 2.75) is 40.2 Å². The van der Waals surface area contributed by atoms with Crippen molar-refractivity contribution in [2.75, 3.05) is 20.3 Å². The van der Waals surface area contributed by atoms with Crippen LogP contribution in [-0.4, -0.2) is 20.3 Å². The number of halogens is 1. The van der Waals surface area contributed by atoms with Crippen molar-refractivity contribution in [3.05, 3.63) is 35.9 Å². The SMILES string of the molecule is C=CCc1cc(CNCCC(C)C)cc(OC)c1OCC.Cl. The van der Waals surface area contributed by atoms with Crippen molar-refractivity contribution < 1.29 is 9.47 Å². The molecule has 0 aliphatic rings. The van der Waals surface area contributed by atoms with E-state index < -0.39 is 0 Å². The maximum Gasteiger partial charge on any atom is 0.164 e. The van der Waals surface area contributed by atoms with E-state index in [0.29, 0.717) is 6.61 Å². The van der Waals surface area contributed by atoms with Crippen molar-refractivity contribution in [3.8, 4) is 11.5 Å². The monoisotopic (exact) mass is 327 g/mol. The topological polar surface area (TPSA) is 30.5 Å². The molecule has 0 spiro atoms. The zero-order valence-corrected chi connectivity index (χ0v) is 15.1. The Hall–Kier alpha value is -1.19. The fourth-order valence-corrected chi connectivity index (χ4v) is 2.22. The van der Waals surface area contributed by atoms with Crippen molar-refractivity contribution in [3.63, 3.8) is 0 Å². The molecule has 0 aliphatic carbocycles. The number of nitrogens with one attached hydrogen (secondary N) is 1. The second kappa shape index (κ2) is 11.4. The molecule has 0 saturated heterocycles. The van der Waals surface area contributed by atoms with Gasteiger partial charge in [0.25, 0.3) is 0 Å². The third kappa shape index (κ3) is 6.71. The van der Waals surface area contributed by atoms with E-state index in [-0.39, 0.29) is 12.4 Å². The second-order valence-corrected chi connectivity index (χ2v) is 5.57. The highest BCUT2D eigenvalue weighted by molar-refractivity contribution is 5.85. The summed E-state index contributed by atoms with van der Waals surface area (Å²) in [5.41, 5.74) is 2.35. The third-order valence-corrected chi connectivity index (χ3v) is 3.29. The highest BCUT2D eigenvalue weighted by Gasteiger charge is 2.12. The molecule has 126 valence electrons. The molecule has 0 aromatic heterocycles. The molecule has 22 heavy (non-hydrogen) atoms. The summed E-state index contributed by atoms with van der Waals surface area (Å²) < 4.78 is 11.2. The second-order valence-electron chi connectivity index (χ2n) is 5.57. The summed E-state index contributed by atoms with van der Waals surface area (Å²) >= 11 is 0. The molecule has 0 saturated carbocycles. The maximum atomic E-state index is 5.73. The lowest BCUT2D eigenvalue weighted by Crippen LogP contribution is -2.16. The van der Waals surface area contributed by atoms with Crippen LogP contribution in [0.2, 0.25) is 0 Å². The van der Waals surface area contributed by atoms with Crippen LogP contribution in [0.25, 0.3) is 0 Å². The molecule has 0 fully saturated rings. The molecule has 0 unspecified atom stereocenters. The number of rotatable bonds is 10. The summed E-state index contributed by atoms with van der Waals surface area (Å²) in [6, 6.07) is 4.23. The fourth-order valence-electron chi connectivity index (χ4n) is 2.22. The molecule has 0 bridgehead atoms. The Morgan fingerprint density at radius 2 is 2.05 bits per heavy atom. The summed E-state index contributed by atoms with van der Waals surface area (Å²) in [5.74, 6) is 2.37. The standard InChI is InChI=1S/C18H29NO2.ClH/c1-6-8-16-11-15(13-19-10-9-14(3)4)12-17(20-5)18(16)21-7-2;/h6,11-12,14,19H,1,7-10,13H2,2-5H3;1H. The van der Waals surface area contributed by atoms with Crippen LogP contribution in [0, 0.1) is 5.92 Å². The highest BCUT2D eigenvalue weighted by atomic mass is 35.5. The van der Waals surface area contributed by atoms with Crippen LogP contribution in [-0.2, 0) is 13.0 Å². The van der Waals surface area contributed by atoms with Gasteiger partial charge in [-0.3, -0.25) is 0 Å². The van der Waals surface area contributed by atoms with Gasteiger partial charge in [-0.25, -0.2) is 0 Å². The first-order valence-electron chi connectivity index (χ1n) is 7.76. The Morgan fingerprint density at radius 1 is 1.32 bits per heavy atom. The molecule has 1 N–H and O–H groups in total. The van der Waals surface area contributed by atoms with Gasteiger partial charge in [0.05, 0.1) is 13.7 Å². The molecule has 0 atom stereocenters. The summed E-state index contributed by atoms with van der Waals surface area (Å²) in [7, 11) is 1.69. The average Bonchev–Trinajstić information content (AvgIpc) is 2.46. The van der Waals surface area contributed by atoms with Crippen LogP contribution < -0.4 is 14.8 Å². The van der Waals surface area contributed by atoms with Gasteiger partial charge in [-0.05, 0) is 43.9 Å². The Bertz CT molecular complexity index is 447. The number of methoxy groups -OCH3 is 1. The quantitative estimate of drug-likeness (QED) is 0.511. The van der Waals surface area contributed by atoms with Gasteiger partial charge >= 0.3 is 0 Å². The average molecular weight is 328 g/mol. The summed E-state index contributed by atoms with van der Waals surface area (Å²) in [6.45, 7) is 12.8. The van der Waals surface area contributed by atoms with Crippen LogP contribution in [0.15, 0.2) is 24.8 Å². The Labute approximate surface area is 141 Å². The van der Waals surface area contributed by atoms with E-state index in [0.717, 1.165) is 42.5 Å². The summed E-state index contributed by atoms with van der Waals surface area (Å²) in [4.78, 5) is 0. The lowest BCUT2D eigenvalue weighted by Gasteiger charge is -2.16. The molecular weight excluding hydrogens is 298 g/mol. The molecule has 0 aliphatic heterocycles.